The number of hydrogen-bond acceptors (Lipinski definition) is 13. The minimum atomic E-state index is -4.46. The Kier molecular flexibility index (Phi) is 8.95. The fourth-order valence-electron chi connectivity index (χ4n) is 3.90. The molecule has 5 atom stereocenters. The largest absolute Gasteiger partial charge is 0.295 e. The molecule has 0 aromatic rings. The molecule has 3 aliphatic rings. The van der Waals surface area contributed by atoms with Crippen LogP contribution in [0, 0.1) is 0 Å². The maximum atomic E-state index is 11.7. The molecule has 5 unspecified atom stereocenters. The highest BCUT2D eigenvalue weighted by Gasteiger charge is 2.35. The SMILES string of the molecule is O=S(=O)(O)CCNC1NC(NC2CCCC(NC3NCNCN3)C2)NC(S(=O)(=O)O)N1. The first-order chi connectivity index (χ1) is 14.6. The molecule has 0 bridgehead atoms. The lowest BCUT2D eigenvalue weighted by Gasteiger charge is -2.41. The van der Waals surface area contributed by atoms with Crippen molar-refractivity contribution >= 4 is 20.2 Å². The zero-order valence-electron chi connectivity index (χ0n) is 17.0. The fourth-order valence-corrected chi connectivity index (χ4v) is 4.89. The minimum absolute atomic E-state index is 0.0143. The zero-order valence-corrected chi connectivity index (χ0v) is 18.6. The molecule has 0 spiro atoms. The first-order valence-corrected chi connectivity index (χ1v) is 13.3. The molecule has 3 fully saturated rings. The minimum Gasteiger partial charge on any atom is -0.292 e. The van der Waals surface area contributed by atoms with Crippen molar-refractivity contribution < 1.29 is 25.9 Å². The lowest BCUT2D eigenvalue weighted by molar-refractivity contribution is 0.150. The fraction of sp³-hybridized carbons (Fsp3) is 1.00. The molecular formula is C14H33N9O6S2. The molecule has 2 heterocycles. The van der Waals surface area contributed by atoms with Gasteiger partial charge in [0.05, 0.1) is 5.75 Å². The predicted molar refractivity (Wildman–Crippen MR) is 112 cm³/mol. The summed E-state index contributed by atoms with van der Waals surface area (Å²) in [5.41, 5.74) is -1.46. The summed E-state index contributed by atoms with van der Waals surface area (Å²) >= 11 is 0. The van der Waals surface area contributed by atoms with Crippen LogP contribution < -0.4 is 47.9 Å². The number of rotatable bonds is 9. The average Bonchev–Trinajstić information content (AvgIpc) is 2.67. The van der Waals surface area contributed by atoms with Crippen LogP contribution in [0.2, 0.25) is 0 Å². The van der Waals surface area contributed by atoms with Gasteiger partial charge in [0.15, 0.2) is 5.50 Å². The molecular weight excluding hydrogens is 454 g/mol. The van der Waals surface area contributed by atoms with Gasteiger partial charge in [0, 0.05) is 32.0 Å². The summed E-state index contributed by atoms with van der Waals surface area (Å²) in [6.45, 7) is 1.30. The Balaban J connectivity index is 1.53. The Bertz CT molecular complexity index is 779. The molecule has 31 heavy (non-hydrogen) atoms. The molecule has 0 aromatic carbocycles. The quantitative estimate of drug-likeness (QED) is 0.138. The van der Waals surface area contributed by atoms with Gasteiger partial charge < -0.3 is 0 Å². The smallest absolute Gasteiger partial charge is 0.292 e. The lowest BCUT2D eigenvalue weighted by atomic mass is 9.91. The van der Waals surface area contributed by atoms with Crippen molar-refractivity contribution in [1.29, 1.82) is 0 Å². The van der Waals surface area contributed by atoms with Crippen LogP contribution in [0.25, 0.3) is 0 Å². The predicted octanol–water partition coefficient (Wildman–Crippen LogP) is -4.54. The van der Waals surface area contributed by atoms with E-state index in [4.69, 9.17) is 4.55 Å². The lowest BCUT2D eigenvalue weighted by Crippen LogP contribution is -2.76. The Morgan fingerprint density at radius 1 is 0.839 bits per heavy atom. The Hall–Kier alpha value is -0.540. The summed E-state index contributed by atoms with van der Waals surface area (Å²) in [5.74, 6) is -0.538. The van der Waals surface area contributed by atoms with E-state index in [0.29, 0.717) is 13.3 Å². The van der Waals surface area contributed by atoms with Crippen molar-refractivity contribution in [3.05, 3.63) is 0 Å². The van der Waals surface area contributed by atoms with Gasteiger partial charge in [0.2, 0.25) is 0 Å². The molecule has 0 aromatic heterocycles. The molecule has 2 aliphatic heterocycles. The van der Waals surface area contributed by atoms with Crippen LogP contribution in [0.5, 0.6) is 0 Å². The monoisotopic (exact) mass is 487 g/mol. The highest BCUT2D eigenvalue weighted by molar-refractivity contribution is 7.86. The zero-order chi connectivity index (χ0) is 22.5. The van der Waals surface area contributed by atoms with Crippen LogP contribution in [0.4, 0.5) is 0 Å². The Morgan fingerprint density at radius 3 is 2.06 bits per heavy atom. The van der Waals surface area contributed by atoms with E-state index in [1.807, 2.05) is 0 Å². The number of nitrogens with one attached hydrogen (secondary N) is 9. The highest BCUT2D eigenvalue weighted by Crippen LogP contribution is 2.19. The summed E-state index contributed by atoms with van der Waals surface area (Å²) in [6.07, 6.45) is 2.24. The third kappa shape index (κ3) is 8.72. The van der Waals surface area contributed by atoms with Crippen LogP contribution in [-0.2, 0) is 20.2 Å². The molecule has 0 radical (unpaired) electrons. The van der Waals surface area contributed by atoms with E-state index in [-0.39, 0.29) is 24.9 Å². The van der Waals surface area contributed by atoms with Crippen LogP contribution in [-0.4, -0.2) is 88.0 Å². The summed E-state index contributed by atoms with van der Waals surface area (Å²) < 4.78 is 63.4. The molecule has 1 saturated carbocycles. The first kappa shape index (κ1) is 25.1. The molecule has 3 rings (SSSR count). The number of hydrogen-bond donors (Lipinski definition) is 11. The van der Waals surface area contributed by atoms with E-state index >= 15 is 0 Å². The van der Waals surface area contributed by atoms with Gasteiger partial charge in [-0.25, -0.2) is 0 Å². The average molecular weight is 488 g/mol. The molecule has 15 nitrogen and oxygen atoms in total. The van der Waals surface area contributed by atoms with Crippen molar-refractivity contribution in [2.75, 3.05) is 25.6 Å². The Labute approximate surface area is 182 Å². The molecule has 17 heteroatoms. The van der Waals surface area contributed by atoms with Gasteiger partial charge >= 0.3 is 0 Å². The molecule has 0 amide bonds. The second-order valence-electron chi connectivity index (χ2n) is 7.84. The third-order valence-corrected chi connectivity index (χ3v) is 6.90. The molecule has 2 saturated heterocycles. The maximum Gasteiger partial charge on any atom is 0.295 e. The van der Waals surface area contributed by atoms with Crippen molar-refractivity contribution in [2.24, 2.45) is 0 Å². The normalized spacial score (nSPS) is 33.9. The second kappa shape index (κ2) is 11.1. The highest BCUT2D eigenvalue weighted by atomic mass is 32.2. The van der Waals surface area contributed by atoms with E-state index in [1.165, 1.54) is 0 Å². The van der Waals surface area contributed by atoms with Crippen LogP contribution >= 0.6 is 0 Å². The van der Waals surface area contributed by atoms with Gasteiger partial charge in [-0.1, -0.05) is 6.42 Å². The van der Waals surface area contributed by atoms with Crippen molar-refractivity contribution in [3.8, 4) is 0 Å². The summed E-state index contributed by atoms with van der Waals surface area (Å²) in [5, 5.41) is 27.7. The van der Waals surface area contributed by atoms with Gasteiger partial charge in [-0.3, -0.25) is 57.0 Å². The van der Waals surface area contributed by atoms with Crippen LogP contribution in [0.15, 0.2) is 0 Å². The summed E-state index contributed by atoms with van der Waals surface area (Å²) in [6, 6.07) is 0.341. The van der Waals surface area contributed by atoms with Gasteiger partial charge in [-0.05, 0) is 19.3 Å². The van der Waals surface area contributed by atoms with E-state index < -0.39 is 44.1 Å². The summed E-state index contributed by atoms with van der Waals surface area (Å²) in [7, 11) is -8.62. The molecule has 182 valence electrons. The van der Waals surface area contributed by atoms with Gasteiger partial charge in [0.1, 0.15) is 18.9 Å². The standard InChI is InChI=1S/C14H33N9O6S2/c24-30(25,26)5-4-16-12-21-13(23-14(22-12)31(27,28)29)20-10-3-1-2-9(6-10)19-11-17-7-15-8-18-11/h9-23H,1-8H2,(H,24,25,26)(H,27,28,29). The maximum absolute atomic E-state index is 11.7. The summed E-state index contributed by atoms with van der Waals surface area (Å²) in [4.78, 5) is 0. The van der Waals surface area contributed by atoms with Crippen molar-refractivity contribution in [1.82, 2.24) is 47.9 Å². The molecule has 11 N–H and O–H groups in total. The van der Waals surface area contributed by atoms with Crippen LogP contribution in [0.3, 0.4) is 0 Å². The van der Waals surface area contributed by atoms with Gasteiger partial charge in [0.25, 0.3) is 20.2 Å². The van der Waals surface area contributed by atoms with Crippen molar-refractivity contribution in [2.45, 2.75) is 62.1 Å². The first-order valence-electron chi connectivity index (χ1n) is 10.2. The van der Waals surface area contributed by atoms with Crippen molar-refractivity contribution in [3.63, 3.8) is 0 Å². The second-order valence-corrected chi connectivity index (χ2v) is 10.9. The topological polar surface area (TPSA) is 217 Å². The van der Waals surface area contributed by atoms with E-state index in [0.717, 1.165) is 25.7 Å². The van der Waals surface area contributed by atoms with E-state index in [2.05, 4.69) is 47.9 Å². The van der Waals surface area contributed by atoms with E-state index in [1.54, 1.807) is 0 Å². The van der Waals surface area contributed by atoms with E-state index in [9.17, 15) is 21.4 Å². The third-order valence-electron chi connectivity index (χ3n) is 5.32. The molecule has 1 aliphatic carbocycles. The van der Waals surface area contributed by atoms with Gasteiger partial charge in [-0.15, -0.1) is 0 Å². The van der Waals surface area contributed by atoms with Crippen LogP contribution in [0.1, 0.15) is 25.7 Å². The van der Waals surface area contributed by atoms with Gasteiger partial charge in [-0.2, -0.15) is 16.8 Å². The Morgan fingerprint density at radius 2 is 1.45 bits per heavy atom.